The van der Waals surface area contributed by atoms with Crippen LogP contribution < -0.4 is 4.90 Å². The number of likely N-dealkylation sites (N-methyl/N-ethyl adjacent to an activating group) is 2. The van der Waals surface area contributed by atoms with E-state index in [1.165, 1.54) is 11.3 Å². The molecule has 0 bridgehead atoms. The Kier molecular flexibility index (Phi) is 4.49. The van der Waals surface area contributed by atoms with Gasteiger partial charge in [-0.1, -0.05) is 0 Å². The maximum Gasteiger partial charge on any atom is 0.241 e. The van der Waals surface area contributed by atoms with Gasteiger partial charge in [0.1, 0.15) is 0 Å². The second-order valence-corrected chi connectivity index (χ2v) is 4.69. The van der Waals surface area contributed by atoms with E-state index in [0.29, 0.717) is 11.4 Å². The van der Waals surface area contributed by atoms with Crippen LogP contribution in [0, 0.1) is 0 Å². The van der Waals surface area contributed by atoms with E-state index in [0.717, 1.165) is 17.8 Å². The van der Waals surface area contributed by atoms with E-state index in [1.807, 2.05) is 17.9 Å². The quantitative estimate of drug-likeness (QED) is 0.732. The summed E-state index contributed by atoms with van der Waals surface area (Å²) < 4.78 is 0. The minimum absolute atomic E-state index is 0.0582. The van der Waals surface area contributed by atoms with Crippen LogP contribution in [0.5, 0.6) is 0 Å². The van der Waals surface area contributed by atoms with Gasteiger partial charge in [-0.25, -0.2) is 0 Å². The average molecular weight is 240 g/mol. The molecule has 1 heterocycles. The molecule has 0 aliphatic carbocycles. The fourth-order valence-corrected chi connectivity index (χ4v) is 2.11. The van der Waals surface area contributed by atoms with Gasteiger partial charge in [0.2, 0.25) is 5.91 Å². The number of carbonyl (C=O) groups excluding carboxylic acids is 2. The van der Waals surface area contributed by atoms with Crippen molar-refractivity contribution in [2.24, 2.45) is 0 Å². The van der Waals surface area contributed by atoms with Crippen LogP contribution in [0.3, 0.4) is 0 Å². The summed E-state index contributed by atoms with van der Waals surface area (Å²) >= 11 is 1.41. The van der Waals surface area contributed by atoms with Crippen LogP contribution in [0.15, 0.2) is 12.1 Å². The number of rotatable bonds is 5. The van der Waals surface area contributed by atoms with Gasteiger partial charge in [-0.15, -0.1) is 11.3 Å². The minimum atomic E-state index is 0.0582. The molecule has 88 valence electrons. The number of anilines is 1. The summed E-state index contributed by atoms with van der Waals surface area (Å²) in [7, 11) is 3.48. The van der Waals surface area contributed by atoms with Crippen molar-refractivity contribution < 1.29 is 9.59 Å². The van der Waals surface area contributed by atoms with Gasteiger partial charge in [-0.2, -0.15) is 0 Å². The maximum absolute atomic E-state index is 11.6. The molecule has 0 spiro atoms. The Bertz CT molecular complexity index is 374. The van der Waals surface area contributed by atoms with Crippen molar-refractivity contribution in [1.82, 2.24) is 4.90 Å². The first-order chi connectivity index (χ1) is 7.58. The summed E-state index contributed by atoms with van der Waals surface area (Å²) in [4.78, 5) is 26.4. The van der Waals surface area contributed by atoms with Crippen molar-refractivity contribution in [2.45, 2.75) is 6.92 Å². The molecule has 5 heteroatoms. The predicted octanol–water partition coefficient (Wildman–Crippen LogP) is 1.48. The van der Waals surface area contributed by atoms with Crippen molar-refractivity contribution in [1.29, 1.82) is 0 Å². The van der Waals surface area contributed by atoms with E-state index < -0.39 is 0 Å². The summed E-state index contributed by atoms with van der Waals surface area (Å²) in [6.07, 6.45) is 0.829. The van der Waals surface area contributed by atoms with Crippen LogP contribution in [0.4, 0.5) is 5.00 Å². The van der Waals surface area contributed by atoms with E-state index in [1.54, 1.807) is 25.1 Å². The zero-order valence-corrected chi connectivity index (χ0v) is 10.6. The van der Waals surface area contributed by atoms with Crippen molar-refractivity contribution in [2.75, 3.05) is 32.1 Å². The number of hydrogen-bond acceptors (Lipinski definition) is 4. The molecule has 1 aromatic rings. The Balaban J connectivity index is 2.74. The summed E-state index contributed by atoms with van der Waals surface area (Å²) in [5.41, 5.74) is 0. The molecule has 0 aromatic carbocycles. The first-order valence-electron chi connectivity index (χ1n) is 5.08. The predicted molar refractivity (Wildman–Crippen MR) is 66.3 cm³/mol. The average Bonchev–Trinajstić information content (AvgIpc) is 2.73. The largest absolute Gasteiger partial charge is 0.354 e. The van der Waals surface area contributed by atoms with Crippen molar-refractivity contribution >= 4 is 28.5 Å². The molecule has 0 aliphatic heterocycles. The van der Waals surface area contributed by atoms with Crippen LogP contribution in [-0.2, 0) is 4.79 Å². The topological polar surface area (TPSA) is 40.6 Å². The van der Waals surface area contributed by atoms with Gasteiger partial charge in [0.15, 0.2) is 6.29 Å². The van der Waals surface area contributed by atoms with Gasteiger partial charge in [-0.3, -0.25) is 9.59 Å². The number of hydrogen-bond donors (Lipinski definition) is 0. The molecule has 0 saturated carbocycles. The van der Waals surface area contributed by atoms with Gasteiger partial charge >= 0.3 is 0 Å². The molecule has 16 heavy (non-hydrogen) atoms. The lowest BCUT2D eigenvalue weighted by molar-refractivity contribution is -0.127. The molecule has 0 fully saturated rings. The number of nitrogens with zero attached hydrogens (tertiary/aromatic N) is 2. The van der Waals surface area contributed by atoms with Gasteiger partial charge < -0.3 is 9.80 Å². The van der Waals surface area contributed by atoms with Gasteiger partial charge in [0.25, 0.3) is 0 Å². The molecule has 0 saturated heterocycles. The minimum Gasteiger partial charge on any atom is -0.354 e. The molecular formula is C11H16N2O2S. The first kappa shape index (κ1) is 12.7. The van der Waals surface area contributed by atoms with E-state index in [-0.39, 0.29) is 5.91 Å². The Morgan fingerprint density at radius 2 is 2.12 bits per heavy atom. The lowest BCUT2D eigenvalue weighted by Gasteiger charge is -2.22. The Morgan fingerprint density at radius 1 is 1.44 bits per heavy atom. The second kappa shape index (κ2) is 5.65. The lowest BCUT2D eigenvalue weighted by Crippen LogP contribution is -2.36. The SMILES string of the molecule is CCN(CC(=O)N(C)C)c1ccc(C=O)s1. The van der Waals surface area contributed by atoms with Crippen LogP contribution in [0.1, 0.15) is 16.6 Å². The van der Waals surface area contributed by atoms with Gasteiger partial charge in [0.05, 0.1) is 16.4 Å². The van der Waals surface area contributed by atoms with Gasteiger partial charge in [-0.05, 0) is 19.1 Å². The van der Waals surface area contributed by atoms with Crippen molar-refractivity contribution in [3.8, 4) is 0 Å². The molecule has 0 N–H and O–H groups in total. The highest BCUT2D eigenvalue weighted by molar-refractivity contribution is 7.17. The van der Waals surface area contributed by atoms with Gasteiger partial charge in [0, 0.05) is 20.6 Å². The Labute approximate surface area is 99.5 Å². The maximum atomic E-state index is 11.6. The van der Waals surface area contributed by atoms with Crippen LogP contribution in [0.2, 0.25) is 0 Å². The molecule has 0 radical (unpaired) electrons. The molecule has 0 aliphatic rings. The Hall–Kier alpha value is -1.36. The van der Waals surface area contributed by atoms with Crippen molar-refractivity contribution in [3.63, 3.8) is 0 Å². The zero-order valence-electron chi connectivity index (χ0n) is 9.77. The standard InChI is InChI=1S/C11H16N2O2S/c1-4-13(7-10(15)12(2)3)11-6-5-9(8-14)16-11/h5-6,8H,4,7H2,1-3H3. The third kappa shape index (κ3) is 3.06. The summed E-state index contributed by atoms with van der Waals surface area (Å²) in [5, 5.41) is 0.958. The molecule has 0 atom stereocenters. The second-order valence-electron chi connectivity index (χ2n) is 3.60. The number of thiophene rings is 1. The third-order valence-electron chi connectivity index (χ3n) is 2.25. The smallest absolute Gasteiger partial charge is 0.241 e. The zero-order chi connectivity index (χ0) is 12.1. The fourth-order valence-electron chi connectivity index (χ4n) is 1.23. The molecule has 1 amide bonds. The first-order valence-corrected chi connectivity index (χ1v) is 5.90. The molecule has 0 unspecified atom stereocenters. The highest BCUT2D eigenvalue weighted by Crippen LogP contribution is 2.24. The van der Waals surface area contributed by atoms with E-state index in [9.17, 15) is 9.59 Å². The lowest BCUT2D eigenvalue weighted by atomic mass is 10.4. The van der Waals surface area contributed by atoms with Crippen LogP contribution in [-0.4, -0.2) is 44.3 Å². The normalized spacial score (nSPS) is 9.94. The number of aldehydes is 1. The molecule has 1 rings (SSSR count). The summed E-state index contributed by atoms with van der Waals surface area (Å²) in [6, 6.07) is 3.65. The van der Waals surface area contributed by atoms with Crippen molar-refractivity contribution in [3.05, 3.63) is 17.0 Å². The third-order valence-corrected chi connectivity index (χ3v) is 3.32. The monoisotopic (exact) mass is 240 g/mol. The molecule has 1 aromatic heterocycles. The van der Waals surface area contributed by atoms with Crippen LogP contribution >= 0.6 is 11.3 Å². The van der Waals surface area contributed by atoms with Crippen LogP contribution in [0.25, 0.3) is 0 Å². The van der Waals surface area contributed by atoms with E-state index >= 15 is 0 Å². The highest BCUT2D eigenvalue weighted by Gasteiger charge is 2.13. The summed E-state index contributed by atoms with van der Waals surface area (Å²) in [5.74, 6) is 0.0582. The summed E-state index contributed by atoms with van der Waals surface area (Å²) in [6.45, 7) is 3.09. The van der Waals surface area contributed by atoms with E-state index in [4.69, 9.17) is 0 Å². The highest BCUT2D eigenvalue weighted by atomic mass is 32.1. The number of amides is 1. The molecular weight excluding hydrogens is 224 g/mol. The molecule has 4 nitrogen and oxygen atoms in total. The van der Waals surface area contributed by atoms with E-state index in [2.05, 4.69) is 0 Å². The Morgan fingerprint density at radius 3 is 2.56 bits per heavy atom. The number of carbonyl (C=O) groups is 2. The fraction of sp³-hybridized carbons (Fsp3) is 0.455.